The number of carbonyl (C=O) groups excluding carboxylic acids is 1. The van der Waals surface area contributed by atoms with Gasteiger partial charge in [0.2, 0.25) is 5.91 Å². The summed E-state index contributed by atoms with van der Waals surface area (Å²) in [6.45, 7) is 3.57. The minimum absolute atomic E-state index is 0.0270. The van der Waals surface area contributed by atoms with Gasteiger partial charge in [0.25, 0.3) is 0 Å². The fourth-order valence-electron chi connectivity index (χ4n) is 2.03. The molecule has 1 aromatic rings. The van der Waals surface area contributed by atoms with Gasteiger partial charge < -0.3 is 10.6 Å². The lowest BCUT2D eigenvalue weighted by molar-refractivity contribution is -0.114. The molecule has 0 bridgehead atoms. The van der Waals surface area contributed by atoms with Gasteiger partial charge in [-0.3, -0.25) is 4.79 Å². The first-order valence-corrected chi connectivity index (χ1v) is 6.31. The van der Waals surface area contributed by atoms with Crippen LogP contribution < -0.4 is 10.6 Å². The van der Waals surface area contributed by atoms with Gasteiger partial charge in [-0.05, 0) is 43.0 Å². The van der Waals surface area contributed by atoms with E-state index >= 15 is 0 Å². The molecule has 0 aliphatic heterocycles. The molecule has 1 aliphatic rings. The SMILES string of the molecule is CC(=O)Nc1ccc(CNCC2CCC2)cc1. The molecule has 0 spiro atoms. The fourth-order valence-corrected chi connectivity index (χ4v) is 2.03. The van der Waals surface area contributed by atoms with Crippen molar-refractivity contribution in [3.05, 3.63) is 29.8 Å². The van der Waals surface area contributed by atoms with Crippen LogP contribution in [0.5, 0.6) is 0 Å². The zero-order valence-corrected chi connectivity index (χ0v) is 10.3. The molecule has 0 heterocycles. The second-order valence-electron chi connectivity index (χ2n) is 4.81. The summed E-state index contributed by atoms with van der Waals surface area (Å²) in [6.07, 6.45) is 4.17. The third kappa shape index (κ3) is 3.86. The van der Waals surface area contributed by atoms with Crippen molar-refractivity contribution < 1.29 is 4.79 Å². The summed E-state index contributed by atoms with van der Waals surface area (Å²) in [6, 6.07) is 8.00. The number of hydrogen-bond acceptors (Lipinski definition) is 2. The maximum absolute atomic E-state index is 10.9. The molecule has 0 unspecified atom stereocenters. The molecule has 1 amide bonds. The van der Waals surface area contributed by atoms with Crippen LogP contribution in [-0.2, 0) is 11.3 Å². The van der Waals surface area contributed by atoms with Crippen LogP contribution in [0.2, 0.25) is 0 Å². The molecule has 1 aromatic carbocycles. The van der Waals surface area contributed by atoms with E-state index < -0.39 is 0 Å². The number of nitrogens with one attached hydrogen (secondary N) is 2. The van der Waals surface area contributed by atoms with Crippen LogP contribution in [0.4, 0.5) is 5.69 Å². The number of carbonyl (C=O) groups is 1. The third-order valence-electron chi connectivity index (χ3n) is 3.26. The molecule has 0 aromatic heterocycles. The highest BCUT2D eigenvalue weighted by Crippen LogP contribution is 2.25. The highest BCUT2D eigenvalue weighted by atomic mass is 16.1. The summed E-state index contributed by atoms with van der Waals surface area (Å²) in [5.74, 6) is 0.870. The zero-order valence-electron chi connectivity index (χ0n) is 10.3. The first kappa shape index (κ1) is 12.1. The molecule has 0 radical (unpaired) electrons. The predicted molar refractivity (Wildman–Crippen MR) is 69.8 cm³/mol. The van der Waals surface area contributed by atoms with E-state index in [1.165, 1.54) is 31.7 Å². The molecule has 0 saturated heterocycles. The molecule has 2 N–H and O–H groups in total. The molecule has 3 nitrogen and oxygen atoms in total. The molecule has 1 fully saturated rings. The normalized spacial score (nSPS) is 15.4. The third-order valence-corrected chi connectivity index (χ3v) is 3.26. The Balaban J connectivity index is 1.74. The van der Waals surface area contributed by atoms with Gasteiger partial charge in [0.1, 0.15) is 0 Å². The van der Waals surface area contributed by atoms with Crippen LogP contribution in [0.1, 0.15) is 31.7 Å². The summed E-state index contributed by atoms with van der Waals surface area (Å²) < 4.78 is 0. The Hall–Kier alpha value is -1.35. The molecule has 92 valence electrons. The van der Waals surface area contributed by atoms with Crippen LogP contribution in [-0.4, -0.2) is 12.5 Å². The van der Waals surface area contributed by atoms with Crippen molar-refractivity contribution in [2.75, 3.05) is 11.9 Å². The summed E-state index contributed by atoms with van der Waals surface area (Å²) in [5, 5.41) is 6.24. The van der Waals surface area contributed by atoms with Crippen LogP contribution in [0.3, 0.4) is 0 Å². The van der Waals surface area contributed by atoms with Gasteiger partial charge in [-0.15, -0.1) is 0 Å². The lowest BCUT2D eigenvalue weighted by atomic mass is 9.85. The second-order valence-corrected chi connectivity index (χ2v) is 4.81. The van der Waals surface area contributed by atoms with E-state index in [4.69, 9.17) is 0 Å². The Labute approximate surface area is 103 Å². The van der Waals surface area contributed by atoms with Crippen molar-refractivity contribution in [1.29, 1.82) is 0 Å². The van der Waals surface area contributed by atoms with Gasteiger partial charge >= 0.3 is 0 Å². The zero-order chi connectivity index (χ0) is 12.1. The fraction of sp³-hybridized carbons (Fsp3) is 0.500. The minimum atomic E-state index is -0.0270. The van der Waals surface area contributed by atoms with E-state index in [2.05, 4.69) is 22.8 Å². The first-order chi connectivity index (χ1) is 8.24. The summed E-state index contributed by atoms with van der Waals surface area (Å²) in [5.41, 5.74) is 2.12. The molecule has 1 saturated carbocycles. The second kappa shape index (κ2) is 5.82. The van der Waals surface area contributed by atoms with Crippen molar-refractivity contribution in [3.63, 3.8) is 0 Å². The maximum atomic E-state index is 10.9. The Morgan fingerprint density at radius 3 is 2.53 bits per heavy atom. The quantitative estimate of drug-likeness (QED) is 0.819. The van der Waals surface area contributed by atoms with Crippen molar-refractivity contribution in [2.24, 2.45) is 5.92 Å². The Morgan fingerprint density at radius 1 is 1.29 bits per heavy atom. The van der Waals surface area contributed by atoms with Crippen molar-refractivity contribution in [1.82, 2.24) is 5.32 Å². The van der Waals surface area contributed by atoms with Gasteiger partial charge in [-0.25, -0.2) is 0 Å². The molecule has 1 aliphatic carbocycles. The van der Waals surface area contributed by atoms with E-state index in [9.17, 15) is 4.79 Å². The summed E-state index contributed by atoms with van der Waals surface area (Å²) >= 11 is 0. The van der Waals surface area contributed by atoms with Crippen LogP contribution >= 0.6 is 0 Å². The van der Waals surface area contributed by atoms with Crippen LogP contribution in [0.15, 0.2) is 24.3 Å². The van der Waals surface area contributed by atoms with E-state index in [1.54, 1.807) is 0 Å². The highest BCUT2D eigenvalue weighted by Gasteiger charge is 2.16. The average Bonchev–Trinajstić information content (AvgIpc) is 2.23. The van der Waals surface area contributed by atoms with Crippen molar-refractivity contribution in [3.8, 4) is 0 Å². The summed E-state index contributed by atoms with van der Waals surface area (Å²) in [7, 11) is 0. The van der Waals surface area contributed by atoms with Crippen LogP contribution in [0, 0.1) is 5.92 Å². The molecular formula is C14H20N2O. The molecule has 17 heavy (non-hydrogen) atoms. The topological polar surface area (TPSA) is 41.1 Å². The molecule has 0 atom stereocenters. The Bertz CT molecular complexity index is 368. The van der Waals surface area contributed by atoms with Gasteiger partial charge in [0.05, 0.1) is 0 Å². The Morgan fingerprint density at radius 2 is 2.00 bits per heavy atom. The molecule has 3 heteroatoms. The van der Waals surface area contributed by atoms with Crippen LogP contribution in [0.25, 0.3) is 0 Å². The van der Waals surface area contributed by atoms with E-state index in [1.807, 2.05) is 12.1 Å². The molecular weight excluding hydrogens is 212 g/mol. The van der Waals surface area contributed by atoms with Gasteiger partial charge in [0.15, 0.2) is 0 Å². The van der Waals surface area contributed by atoms with Gasteiger partial charge in [0, 0.05) is 19.2 Å². The predicted octanol–water partition coefficient (Wildman–Crippen LogP) is 2.53. The number of anilines is 1. The number of benzene rings is 1. The monoisotopic (exact) mass is 232 g/mol. The summed E-state index contributed by atoms with van der Waals surface area (Å²) in [4.78, 5) is 10.9. The standard InChI is InChI=1S/C14H20N2O/c1-11(17)16-14-7-5-13(6-8-14)10-15-9-12-3-2-4-12/h5-8,12,15H,2-4,9-10H2,1H3,(H,16,17). The van der Waals surface area contributed by atoms with Crippen molar-refractivity contribution in [2.45, 2.75) is 32.7 Å². The number of hydrogen-bond donors (Lipinski definition) is 2. The van der Waals surface area contributed by atoms with Gasteiger partial charge in [-0.1, -0.05) is 18.6 Å². The lowest BCUT2D eigenvalue weighted by Crippen LogP contribution is -2.26. The van der Waals surface area contributed by atoms with Gasteiger partial charge in [-0.2, -0.15) is 0 Å². The average molecular weight is 232 g/mol. The number of rotatable bonds is 5. The molecule has 2 rings (SSSR count). The minimum Gasteiger partial charge on any atom is -0.326 e. The Kier molecular flexibility index (Phi) is 4.15. The lowest BCUT2D eigenvalue weighted by Gasteiger charge is -2.25. The first-order valence-electron chi connectivity index (χ1n) is 6.31. The highest BCUT2D eigenvalue weighted by molar-refractivity contribution is 5.88. The van der Waals surface area contributed by atoms with E-state index in [-0.39, 0.29) is 5.91 Å². The number of amides is 1. The maximum Gasteiger partial charge on any atom is 0.221 e. The largest absolute Gasteiger partial charge is 0.326 e. The van der Waals surface area contributed by atoms with Crippen molar-refractivity contribution >= 4 is 11.6 Å². The van der Waals surface area contributed by atoms with E-state index in [0.29, 0.717) is 0 Å². The smallest absolute Gasteiger partial charge is 0.221 e. The van der Waals surface area contributed by atoms with E-state index in [0.717, 1.165) is 24.7 Å².